The number of hydrogen-bond donors (Lipinski definition) is 0. The first-order valence-electron chi connectivity index (χ1n) is 7.27. The normalized spacial score (nSPS) is 11.0. The van der Waals surface area contributed by atoms with E-state index in [4.69, 9.17) is 4.98 Å². The van der Waals surface area contributed by atoms with Crippen molar-refractivity contribution in [2.45, 2.75) is 4.90 Å². The van der Waals surface area contributed by atoms with Gasteiger partial charge >= 0.3 is 0 Å². The molecule has 2 aromatic heterocycles. The first kappa shape index (κ1) is 13.9. The number of nitriles is 1. The molecule has 0 aliphatic carbocycles. The summed E-state index contributed by atoms with van der Waals surface area (Å²) in [4.78, 5) is 5.66. The first-order valence-corrected chi connectivity index (χ1v) is 8.49. The van der Waals surface area contributed by atoms with Crippen molar-refractivity contribution >= 4 is 28.4 Å². The van der Waals surface area contributed by atoms with E-state index < -0.39 is 0 Å². The van der Waals surface area contributed by atoms with E-state index in [0.29, 0.717) is 5.56 Å². The van der Waals surface area contributed by atoms with E-state index in [1.54, 1.807) is 11.8 Å². The van der Waals surface area contributed by atoms with Crippen molar-refractivity contribution in [2.24, 2.45) is 0 Å². The van der Waals surface area contributed by atoms with Gasteiger partial charge in [0.1, 0.15) is 11.6 Å². The zero-order valence-corrected chi connectivity index (χ0v) is 13.3. The van der Waals surface area contributed by atoms with E-state index in [-0.39, 0.29) is 0 Å². The highest BCUT2D eigenvalue weighted by molar-refractivity contribution is 7.98. The summed E-state index contributed by atoms with van der Waals surface area (Å²) >= 11 is 1.58. The summed E-state index contributed by atoms with van der Waals surface area (Å²) in [6.07, 6.45) is 1.99. The van der Waals surface area contributed by atoms with Crippen molar-refractivity contribution < 1.29 is 0 Å². The first-order chi connectivity index (χ1) is 11.3. The standard InChI is InChI=1S/C19H13N3S/c1-23-18-11-17(13-7-3-2-4-8-13)22-16-10-6-5-9-15(16)21-19(22)14(18)12-20/h2-11H,1H3. The Kier molecular flexibility index (Phi) is 3.29. The minimum atomic E-state index is 0.633. The lowest BCUT2D eigenvalue weighted by atomic mass is 10.1. The van der Waals surface area contributed by atoms with Crippen molar-refractivity contribution in [2.75, 3.05) is 6.26 Å². The van der Waals surface area contributed by atoms with E-state index in [9.17, 15) is 5.26 Å². The Bertz CT molecular complexity index is 1060. The molecule has 2 heterocycles. The molecule has 2 aromatic carbocycles. The molecule has 23 heavy (non-hydrogen) atoms. The molecular weight excluding hydrogens is 302 g/mol. The van der Waals surface area contributed by atoms with Crippen LogP contribution in [0, 0.1) is 11.3 Å². The lowest BCUT2D eigenvalue weighted by Crippen LogP contribution is -1.97. The number of rotatable bonds is 2. The molecular formula is C19H13N3S. The van der Waals surface area contributed by atoms with Gasteiger partial charge in [0.25, 0.3) is 0 Å². The molecule has 0 aliphatic rings. The van der Waals surface area contributed by atoms with Crippen LogP contribution in [0.3, 0.4) is 0 Å². The third-order valence-electron chi connectivity index (χ3n) is 3.94. The molecule has 4 heteroatoms. The van der Waals surface area contributed by atoms with Gasteiger partial charge in [0.15, 0.2) is 5.65 Å². The summed E-state index contributed by atoms with van der Waals surface area (Å²) in [6.45, 7) is 0. The smallest absolute Gasteiger partial charge is 0.157 e. The van der Waals surface area contributed by atoms with Crippen LogP contribution in [-0.4, -0.2) is 15.6 Å². The molecule has 0 atom stereocenters. The second-order valence-corrected chi connectivity index (χ2v) is 6.06. The van der Waals surface area contributed by atoms with Gasteiger partial charge in [0, 0.05) is 4.90 Å². The fourth-order valence-electron chi connectivity index (χ4n) is 2.90. The van der Waals surface area contributed by atoms with Gasteiger partial charge in [-0.15, -0.1) is 11.8 Å². The average Bonchev–Trinajstić information content (AvgIpc) is 3.00. The fraction of sp³-hybridized carbons (Fsp3) is 0.0526. The Morgan fingerprint density at radius 1 is 1.04 bits per heavy atom. The number of hydrogen-bond acceptors (Lipinski definition) is 3. The zero-order valence-electron chi connectivity index (χ0n) is 12.5. The van der Waals surface area contributed by atoms with Crippen LogP contribution < -0.4 is 0 Å². The number of thioether (sulfide) groups is 1. The summed E-state index contributed by atoms with van der Waals surface area (Å²) in [7, 11) is 0. The van der Waals surface area contributed by atoms with Gasteiger partial charge < -0.3 is 0 Å². The van der Waals surface area contributed by atoms with Gasteiger partial charge in [-0.3, -0.25) is 4.40 Å². The van der Waals surface area contributed by atoms with Gasteiger partial charge in [0.2, 0.25) is 0 Å². The number of imidazole rings is 1. The van der Waals surface area contributed by atoms with Gasteiger partial charge in [-0.2, -0.15) is 5.26 Å². The molecule has 0 fully saturated rings. The molecule has 0 amide bonds. The lowest BCUT2D eigenvalue weighted by molar-refractivity contribution is 1.18. The Labute approximate surface area is 138 Å². The number of pyridine rings is 1. The van der Waals surface area contributed by atoms with Gasteiger partial charge in [0.05, 0.1) is 16.7 Å². The molecule has 0 bridgehead atoms. The summed E-state index contributed by atoms with van der Waals surface area (Å²) in [5, 5.41) is 9.62. The Balaban J connectivity index is 2.23. The van der Waals surface area contributed by atoms with Crippen LogP contribution in [0.15, 0.2) is 65.6 Å². The third-order valence-corrected chi connectivity index (χ3v) is 4.70. The largest absolute Gasteiger partial charge is 0.291 e. The molecule has 0 aliphatic heterocycles. The maximum absolute atomic E-state index is 9.62. The summed E-state index contributed by atoms with van der Waals surface area (Å²) in [6, 6.07) is 22.6. The van der Waals surface area contributed by atoms with E-state index in [0.717, 1.165) is 32.8 Å². The van der Waals surface area contributed by atoms with Gasteiger partial charge in [-0.25, -0.2) is 4.98 Å². The van der Waals surface area contributed by atoms with Crippen LogP contribution >= 0.6 is 11.8 Å². The number of aromatic nitrogens is 2. The molecule has 4 rings (SSSR count). The minimum Gasteiger partial charge on any atom is -0.291 e. The Hall–Kier alpha value is -2.77. The van der Waals surface area contributed by atoms with Crippen molar-refractivity contribution in [3.63, 3.8) is 0 Å². The monoisotopic (exact) mass is 315 g/mol. The Morgan fingerprint density at radius 2 is 1.78 bits per heavy atom. The molecule has 4 aromatic rings. The van der Waals surface area contributed by atoms with Gasteiger partial charge in [-0.1, -0.05) is 42.5 Å². The maximum atomic E-state index is 9.62. The van der Waals surface area contributed by atoms with Crippen molar-refractivity contribution in [3.05, 3.63) is 66.2 Å². The highest BCUT2D eigenvalue weighted by Crippen LogP contribution is 2.33. The Morgan fingerprint density at radius 3 is 2.52 bits per heavy atom. The molecule has 0 N–H and O–H groups in total. The highest BCUT2D eigenvalue weighted by atomic mass is 32.2. The van der Waals surface area contributed by atoms with Gasteiger partial charge in [-0.05, 0) is 30.0 Å². The van der Waals surface area contributed by atoms with E-state index in [1.165, 1.54) is 0 Å². The fourth-order valence-corrected chi connectivity index (χ4v) is 3.47. The van der Waals surface area contributed by atoms with Crippen LogP contribution in [0.4, 0.5) is 0 Å². The minimum absolute atomic E-state index is 0.633. The van der Waals surface area contributed by atoms with Crippen molar-refractivity contribution in [3.8, 4) is 17.3 Å². The summed E-state index contributed by atoms with van der Waals surface area (Å²) in [5.41, 5.74) is 5.44. The predicted molar refractivity (Wildman–Crippen MR) is 94.6 cm³/mol. The molecule has 3 nitrogen and oxygen atoms in total. The second kappa shape index (κ2) is 5.45. The third kappa shape index (κ3) is 2.09. The maximum Gasteiger partial charge on any atom is 0.157 e. The summed E-state index contributed by atoms with van der Waals surface area (Å²) < 4.78 is 2.09. The van der Waals surface area contributed by atoms with E-state index in [1.807, 2.05) is 48.7 Å². The molecule has 0 spiro atoms. The molecule has 0 radical (unpaired) electrons. The zero-order chi connectivity index (χ0) is 15.8. The van der Waals surface area contributed by atoms with E-state index >= 15 is 0 Å². The van der Waals surface area contributed by atoms with Crippen LogP contribution in [0.1, 0.15) is 5.56 Å². The second-order valence-electron chi connectivity index (χ2n) is 5.21. The number of para-hydroxylation sites is 2. The van der Waals surface area contributed by atoms with Crippen molar-refractivity contribution in [1.29, 1.82) is 5.26 Å². The average molecular weight is 315 g/mol. The topological polar surface area (TPSA) is 41.1 Å². The summed E-state index contributed by atoms with van der Waals surface area (Å²) in [5.74, 6) is 0. The molecule has 0 saturated heterocycles. The van der Waals surface area contributed by atoms with Crippen LogP contribution in [0.5, 0.6) is 0 Å². The van der Waals surface area contributed by atoms with Crippen LogP contribution in [0.2, 0.25) is 0 Å². The SMILES string of the molecule is CSc1cc(-c2ccccc2)n2c(nc3ccccc32)c1C#N. The number of nitrogens with zero attached hydrogens (tertiary/aromatic N) is 3. The lowest BCUT2D eigenvalue weighted by Gasteiger charge is -2.11. The van der Waals surface area contributed by atoms with Crippen LogP contribution in [-0.2, 0) is 0 Å². The number of benzene rings is 2. The molecule has 110 valence electrons. The van der Waals surface area contributed by atoms with E-state index in [2.05, 4.69) is 28.7 Å². The quantitative estimate of drug-likeness (QED) is 0.501. The molecule has 0 saturated carbocycles. The highest BCUT2D eigenvalue weighted by Gasteiger charge is 2.17. The van der Waals surface area contributed by atoms with Crippen LogP contribution in [0.25, 0.3) is 27.9 Å². The molecule has 0 unspecified atom stereocenters. The van der Waals surface area contributed by atoms with Crippen molar-refractivity contribution in [1.82, 2.24) is 9.38 Å². The predicted octanol–water partition coefficient (Wildman–Crippen LogP) is 4.75. The number of fused-ring (bicyclic) bond motifs is 3.